The van der Waals surface area contributed by atoms with Gasteiger partial charge in [-0.25, -0.2) is 0 Å². The predicted molar refractivity (Wildman–Crippen MR) is 50.8 cm³/mol. The number of aromatic hydroxyl groups is 1. The zero-order chi connectivity index (χ0) is 9.47. The Labute approximate surface area is 78.2 Å². The second kappa shape index (κ2) is 2.76. The fourth-order valence-corrected chi connectivity index (χ4v) is 1.53. The molecule has 1 aromatic heterocycles. The Morgan fingerprint density at radius 3 is 2.77 bits per heavy atom. The molecule has 2 rings (SSSR count). The van der Waals surface area contributed by atoms with E-state index in [1.807, 2.05) is 0 Å². The summed E-state index contributed by atoms with van der Waals surface area (Å²) < 4.78 is 0. The van der Waals surface area contributed by atoms with Crippen LogP contribution in [0.4, 0.5) is 0 Å². The molecule has 0 radical (unpaired) electrons. The first-order valence-electron chi connectivity index (χ1n) is 4.94. The van der Waals surface area contributed by atoms with Crippen molar-refractivity contribution < 1.29 is 5.11 Å². The molecule has 1 aliphatic rings. The molecule has 0 aromatic carbocycles. The molecule has 3 nitrogen and oxygen atoms in total. The van der Waals surface area contributed by atoms with Gasteiger partial charge in [0.1, 0.15) is 5.82 Å². The van der Waals surface area contributed by atoms with Crippen LogP contribution in [0.25, 0.3) is 0 Å². The first kappa shape index (κ1) is 8.60. The molecule has 1 fully saturated rings. The molecular weight excluding hydrogens is 164 g/mol. The normalized spacial score (nSPS) is 18.9. The number of aromatic amines is 1. The van der Waals surface area contributed by atoms with E-state index in [1.165, 1.54) is 12.8 Å². The molecule has 0 atom stereocenters. The highest BCUT2D eigenvalue weighted by atomic mass is 16.3. The summed E-state index contributed by atoms with van der Waals surface area (Å²) in [6.07, 6.45) is 4.29. The minimum absolute atomic E-state index is 0.199. The third kappa shape index (κ3) is 1.43. The number of aromatic nitrogens is 2. The maximum Gasteiger partial charge on any atom is 0.232 e. The highest BCUT2D eigenvalue weighted by Crippen LogP contribution is 2.46. The molecule has 0 saturated heterocycles. The molecule has 0 unspecified atom stereocenters. The number of aryl methyl sites for hydroxylation is 1. The van der Waals surface area contributed by atoms with Crippen LogP contribution in [0, 0.1) is 0 Å². The fourth-order valence-electron chi connectivity index (χ4n) is 1.53. The number of hydrogen-bond acceptors (Lipinski definition) is 2. The van der Waals surface area contributed by atoms with Gasteiger partial charge in [-0.2, -0.15) is 4.98 Å². The summed E-state index contributed by atoms with van der Waals surface area (Å²) in [5, 5.41) is 9.51. The van der Waals surface area contributed by atoms with Crippen LogP contribution in [0.5, 0.6) is 5.88 Å². The number of rotatable bonds is 3. The summed E-state index contributed by atoms with van der Waals surface area (Å²) >= 11 is 0. The molecule has 1 saturated carbocycles. The van der Waals surface area contributed by atoms with Crippen molar-refractivity contribution in [2.75, 3.05) is 0 Å². The second-order valence-corrected chi connectivity index (χ2v) is 4.20. The van der Waals surface area contributed by atoms with Crippen LogP contribution in [0.2, 0.25) is 0 Å². The molecule has 0 spiro atoms. The van der Waals surface area contributed by atoms with Crippen LogP contribution < -0.4 is 0 Å². The van der Waals surface area contributed by atoms with Crippen molar-refractivity contribution in [2.45, 2.75) is 44.9 Å². The number of H-pyrrole nitrogens is 1. The molecule has 0 amide bonds. The van der Waals surface area contributed by atoms with Crippen molar-refractivity contribution >= 4 is 0 Å². The van der Waals surface area contributed by atoms with Crippen molar-refractivity contribution in [3.05, 3.63) is 11.5 Å². The van der Waals surface area contributed by atoms with E-state index in [0.29, 0.717) is 0 Å². The van der Waals surface area contributed by atoms with Crippen LogP contribution in [0.1, 0.15) is 44.6 Å². The lowest BCUT2D eigenvalue weighted by atomic mass is 10.1. The predicted octanol–water partition coefficient (Wildman–Crippen LogP) is 2.12. The van der Waals surface area contributed by atoms with Crippen molar-refractivity contribution in [3.8, 4) is 5.88 Å². The van der Waals surface area contributed by atoms with E-state index in [-0.39, 0.29) is 11.3 Å². The Morgan fingerprint density at radius 2 is 2.23 bits per heavy atom. The first-order valence-corrected chi connectivity index (χ1v) is 4.94. The van der Waals surface area contributed by atoms with Gasteiger partial charge in [0.25, 0.3) is 0 Å². The van der Waals surface area contributed by atoms with Crippen molar-refractivity contribution in [1.82, 2.24) is 9.97 Å². The maximum atomic E-state index is 9.51. The average Bonchev–Trinajstić information content (AvgIpc) is 2.72. The van der Waals surface area contributed by atoms with E-state index in [0.717, 1.165) is 24.4 Å². The molecule has 0 aliphatic heterocycles. The summed E-state index contributed by atoms with van der Waals surface area (Å²) in [7, 11) is 0. The Kier molecular flexibility index (Phi) is 1.82. The van der Waals surface area contributed by atoms with Crippen LogP contribution in [0.15, 0.2) is 0 Å². The van der Waals surface area contributed by atoms with E-state index < -0.39 is 0 Å². The lowest BCUT2D eigenvalue weighted by Gasteiger charge is -2.01. The van der Waals surface area contributed by atoms with Gasteiger partial charge in [0, 0.05) is 5.41 Å². The summed E-state index contributed by atoms with van der Waals surface area (Å²) in [6.45, 7) is 4.28. The van der Waals surface area contributed by atoms with E-state index in [2.05, 4.69) is 23.8 Å². The van der Waals surface area contributed by atoms with Gasteiger partial charge in [-0.1, -0.05) is 20.3 Å². The van der Waals surface area contributed by atoms with Crippen LogP contribution in [-0.4, -0.2) is 15.1 Å². The lowest BCUT2D eigenvalue weighted by Crippen LogP contribution is -2.02. The minimum atomic E-state index is 0.199. The van der Waals surface area contributed by atoms with Gasteiger partial charge in [-0.05, 0) is 19.3 Å². The highest BCUT2D eigenvalue weighted by Gasteiger charge is 2.42. The van der Waals surface area contributed by atoms with E-state index in [4.69, 9.17) is 0 Å². The Balaban J connectivity index is 2.24. The molecule has 1 aromatic rings. The lowest BCUT2D eigenvalue weighted by molar-refractivity contribution is 0.447. The highest BCUT2D eigenvalue weighted by molar-refractivity contribution is 5.26. The van der Waals surface area contributed by atoms with Crippen molar-refractivity contribution in [1.29, 1.82) is 0 Å². The molecule has 1 aliphatic carbocycles. The average molecular weight is 180 g/mol. The number of nitrogens with one attached hydrogen (secondary N) is 1. The summed E-state index contributed by atoms with van der Waals surface area (Å²) in [5.41, 5.74) is 1.12. The zero-order valence-corrected chi connectivity index (χ0v) is 8.22. The van der Waals surface area contributed by atoms with Gasteiger partial charge in [0.15, 0.2) is 0 Å². The van der Waals surface area contributed by atoms with Crippen LogP contribution >= 0.6 is 0 Å². The minimum Gasteiger partial charge on any atom is -0.492 e. The van der Waals surface area contributed by atoms with Crippen LogP contribution in [0.3, 0.4) is 0 Å². The van der Waals surface area contributed by atoms with Gasteiger partial charge in [0.05, 0.1) is 5.69 Å². The molecular formula is C10H16N2O. The van der Waals surface area contributed by atoms with E-state index >= 15 is 0 Å². The van der Waals surface area contributed by atoms with Crippen LogP contribution in [-0.2, 0) is 11.8 Å². The van der Waals surface area contributed by atoms with E-state index in [1.54, 1.807) is 0 Å². The summed E-state index contributed by atoms with van der Waals surface area (Å²) in [5.74, 6) is 1.17. The molecule has 0 bridgehead atoms. The van der Waals surface area contributed by atoms with Gasteiger partial charge in [-0.15, -0.1) is 0 Å². The summed E-state index contributed by atoms with van der Waals surface area (Å²) in [6, 6.07) is 0. The Bertz CT molecular complexity index is 313. The molecule has 13 heavy (non-hydrogen) atoms. The van der Waals surface area contributed by atoms with Crippen molar-refractivity contribution in [3.63, 3.8) is 0 Å². The largest absolute Gasteiger partial charge is 0.492 e. The van der Waals surface area contributed by atoms with Gasteiger partial charge in [0.2, 0.25) is 5.88 Å². The first-order chi connectivity index (χ1) is 6.15. The monoisotopic (exact) mass is 180 g/mol. The summed E-state index contributed by atoms with van der Waals surface area (Å²) in [4.78, 5) is 7.39. The quantitative estimate of drug-likeness (QED) is 0.748. The second-order valence-electron chi connectivity index (χ2n) is 4.20. The Morgan fingerprint density at radius 1 is 1.54 bits per heavy atom. The third-order valence-corrected chi connectivity index (χ3v) is 2.83. The Hall–Kier alpha value is -0.990. The molecule has 72 valence electrons. The molecule has 1 heterocycles. The molecule has 3 heteroatoms. The topological polar surface area (TPSA) is 48.9 Å². The third-order valence-electron chi connectivity index (χ3n) is 2.83. The van der Waals surface area contributed by atoms with Gasteiger partial charge in [-0.3, -0.25) is 0 Å². The SMILES string of the molecule is CCCc1[nH]c(C2(C)CC2)nc1O. The van der Waals surface area contributed by atoms with Gasteiger partial charge < -0.3 is 10.1 Å². The number of hydrogen-bond donors (Lipinski definition) is 2. The maximum absolute atomic E-state index is 9.51. The van der Waals surface area contributed by atoms with Gasteiger partial charge >= 0.3 is 0 Å². The van der Waals surface area contributed by atoms with Crippen molar-refractivity contribution in [2.24, 2.45) is 0 Å². The number of imidazole rings is 1. The van der Waals surface area contributed by atoms with E-state index in [9.17, 15) is 5.11 Å². The number of nitrogens with zero attached hydrogens (tertiary/aromatic N) is 1. The standard InChI is InChI=1S/C10H16N2O/c1-3-4-7-8(13)12-9(11-7)10(2)5-6-10/h13H,3-6H2,1-2H3,(H,11,12). The zero-order valence-electron chi connectivity index (χ0n) is 8.22. The smallest absolute Gasteiger partial charge is 0.232 e. The molecule has 2 N–H and O–H groups in total. The fraction of sp³-hybridized carbons (Fsp3) is 0.700.